The molecule has 1 aliphatic rings. The molecule has 9 nitrogen and oxygen atoms in total. The van der Waals surface area contributed by atoms with Crippen LogP contribution in [0, 0.1) is 6.92 Å². The Balaban J connectivity index is 1.62. The minimum absolute atomic E-state index is 0.168. The summed E-state index contributed by atoms with van der Waals surface area (Å²) >= 11 is 0. The molecular weight excluding hydrogens is 360 g/mol. The number of carbonyl (C=O) groups is 2. The van der Waals surface area contributed by atoms with Gasteiger partial charge >= 0.3 is 6.09 Å². The summed E-state index contributed by atoms with van der Waals surface area (Å²) in [6.07, 6.45) is 3.15. The molecule has 0 saturated carbocycles. The van der Waals surface area contributed by atoms with Crippen molar-refractivity contribution in [2.45, 2.75) is 20.4 Å². The van der Waals surface area contributed by atoms with Crippen LogP contribution in [0.25, 0.3) is 0 Å². The van der Waals surface area contributed by atoms with E-state index in [0.717, 1.165) is 5.56 Å². The molecule has 2 aromatic rings. The van der Waals surface area contributed by atoms with Crippen LogP contribution in [0.2, 0.25) is 0 Å². The Morgan fingerprint density at radius 1 is 1.18 bits per heavy atom. The van der Waals surface area contributed by atoms with Gasteiger partial charge in [0, 0.05) is 51.2 Å². The quantitative estimate of drug-likeness (QED) is 0.837. The van der Waals surface area contributed by atoms with Gasteiger partial charge in [-0.25, -0.2) is 14.8 Å². The maximum atomic E-state index is 12.8. The first kappa shape index (κ1) is 19.5. The summed E-state index contributed by atoms with van der Waals surface area (Å²) in [4.78, 5) is 40.7. The van der Waals surface area contributed by atoms with E-state index >= 15 is 0 Å². The van der Waals surface area contributed by atoms with Crippen molar-refractivity contribution < 1.29 is 14.3 Å². The van der Waals surface area contributed by atoms with Crippen LogP contribution in [-0.4, -0.2) is 69.5 Å². The zero-order valence-electron chi connectivity index (χ0n) is 16.1. The highest BCUT2D eigenvalue weighted by Crippen LogP contribution is 2.13. The predicted octanol–water partition coefficient (Wildman–Crippen LogP) is 1.71. The van der Waals surface area contributed by atoms with Gasteiger partial charge in [0.15, 0.2) is 0 Å². The highest BCUT2D eigenvalue weighted by atomic mass is 16.6. The summed E-state index contributed by atoms with van der Waals surface area (Å²) in [5.41, 5.74) is 1.35. The highest BCUT2D eigenvalue weighted by Gasteiger charge is 2.26. The van der Waals surface area contributed by atoms with E-state index in [1.54, 1.807) is 42.1 Å². The number of pyridine rings is 1. The fourth-order valence-corrected chi connectivity index (χ4v) is 2.93. The second kappa shape index (κ2) is 9.12. The zero-order valence-corrected chi connectivity index (χ0v) is 16.1. The van der Waals surface area contributed by atoms with Gasteiger partial charge in [-0.1, -0.05) is 6.07 Å². The van der Waals surface area contributed by atoms with E-state index in [1.807, 2.05) is 12.1 Å². The second-order valence-electron chi connectivity index (χ2n) is 6.38. The van der Waals surface area contributed by atoms with Crippen LogP contribution >= 0.6 is 0 Å². The topological polar surface area (TPSA) is 101 Å². The van der Waals surface area contributed by atoms with Gasteiger partial charge in [-0.15, -0.1) is 0 Å². The molecule has 0 radical (unpaired) electrons. The van der Waals surface area contributed by atoms with Gasteiger partial charge in [-0.3, -0.25) is 9.78 Å². The molecule has 1 aliphatic heterocycles. The second-order valence-corrected chi connectivity index (χ2v) is 6.38. The van der Waals surface area contributed by atoms with E-state index in [-0.39, 0.29) is 12.0 Å². The smallest absolute Gasteiger partial charge is 0.409 e. The Morgan fingerprint density at radius 3 is 2.61 bits per heavy atom. The third-order valence-electron chi connectivity index (χ3n) is 4.35. The standard InChI is InChI=1S/C19H24N6O3/c1-3-28-19(27)25-9-7-24(8-10-25)18(26)16-11-17(23-14(2)22-16)21-13-15-5-4-6-20-12-15/h4-6,11-12H,3,7-10,13H2,1-2H3,(H,21,22,23). The molecule has 9 heteroatoms. The largest absolute Gasteiger partial charge is 0.450 e. The summed E-state index contributed by atoms with van der Waals surface area (Å²) in [6, 6.07) is 5.49. The number of nitrogens with one attached hydrogen (secondary N) is 1. The van der Waals surface area contributed by atoms with Crippen molar-refractivity contribution in [1.82, 2.24) is 24.8 Å². The van der Waals surface area contributed by atoms with Gasteiger partial charge in [0.25, 0.3) is 5.91 Å². The normalized spacial score (nSPS) is 13.9. The number of ether oxygens (including phenoxy) is 1. The van der Waals surface area contributed by atoms with E-state index < -0.39 is 0 Å². The molecule has 148 valence electrons. The van der Waals surface area contributed by atoms with Crippen LogP contribution in [0.1, 0.15) is 28.8 Å². The Kier molecular flexibility index (Phi) is 6.36. The molecule has 3 rings (SSSR count). The maximum absolute atomic E-state index is 12.8. The van der Waals surface area contributed by atoms with Crippen LogP contribution < -0.4 is 5.32 Å². The number of nitrogens with zero attached hydrogens (tertiary/aromatic N) is 5. The Bertz CT molecular complexity index is 822. The molecule has 0 bridgehead atoms. The number of amides is 2. The van der Waals surface area contributed by atoms with Gasteiger partial charge in [-0.2, -0.15) is 0 Å². The molecule has 1 fully saturated rings. The van der Waals surface area contributed by atoms with Crippen LogP contribution in [0.5, 0.6) is 0 Å². The van der Waals surface area contributed by atoms with Crippen molar-refractivity contribution in [3.8, 4) is 0 Å². The summed E-state index contributed by atoms with van der Waals surface area (Å²) in [7, 11) is 0. The zero-order chi connectivity index (χ0) is 19.9. The Labute approximate surface area is 163 Å². The average molecular weight is 384 g/mol. The van der Waals surface area contributed by atoms with Crippen molar-refractivity contribution in [2.24, 2.45) is 0 Å². The number of hydrogen-bond donors (Lipinski definition) is 1. The molecule has 3 heterocycles. The van der Waals surface area contributed by atoms with Crippen molar-refractivity contribution in [3.63, 3.8) is 0 Å². The molecule has 0 unspecified atom stereocenters. The number of piperazine rings is 1. The number of aromatic nitrogens is 3. The molecule has 2 aromatic heterocycles. The monoisotopic (exact) mass is 384 g/mol. The van der Waals surface area contributed by atoms with Crippen molar-refractivity contribution in [3.05, 3.63) is 47.7 Å². The third-order valence-corrected chi connectivity index (χ3v) is 4.35. The number of carbonyl (C=O) groups excluding carboxylic acids is 2. The van der Waals surface area contributed by atoms with Gasteiger partial charge in [0.2, 0.25) is 0 Å². The first-order valence-electron chi connectivity index (χ1n) is 9.26. The lowest BCUT2D eigenvalue weighted by molar-refractivity contribution is 0.0565. The van der Waals surface area contributed by atoms with Crippen LogP contribution in [-0.2, 0) is 11.3 Å². The van der Waals surface area contributed by atoms with E-state index in [9.17, 15) is 9.59 Å². The highest BCUT2D eigenvalue weighted by molar-refractivity contribution is 5.93. The predicted molar refractivity (Wildman–Crippen MR) is 103 cm³/mol. The van der Waals surface area contributed by atoms with Gasteiger partial charge in [0.1, 0.15) is 17.3 Å². The molecule has 2 amide bonds. The summed E-state index contributed by atoms with van der Waals surface area (Å²) in [5, 5.41) is 3.20. The average Bonchev–Trinajstić information content (AvgIpc) is 2.72. The molecule has 0 spiro atoms. The number of rotatable bonds is 5. The molecule has 0 aliphatic carbocycles. The fraction of sp³-hybridized carbons (Fsp3) is 0.421. The van der Waals surface area contributed by atoms with Crippen molar-refractivity contribution in [2.75, 3.05) is 38.1 Å². The van der Waals surface area contributed by atoms with Gasteiger partial charge in [-0.05, 0) is 25.5 Å². The number of anilines is 1. The maximum Gasteiger partial charge on any atom is 0.409 e. The molecule has 1 N–H and O–H groups in total. The van der Waals surface area contributed by atoms with Gasteiger partial charge < -0.3 is 19.9 Å². The minimum atomic E-state index is -0.339. The summed E-state index contributed by atoms with van der Waals surface area (Å²) in [5.74, 6) is 0.938. The first-order chi connectivity index (χ1) is 13.6. The Morgan fingerprint density at radius 2 is 1.93 bits per heavy atom. The third kappa shape index (κ3) is 4.93. The van der Waals surface area contributed by atoms with Crippen molar-refractivity contribution >= 4 is 17.8 Å². The lowest BCUT2D eigenvalue weighted by atomic mass is 10.2. The number of hydrogen-bond acceptors (Lipinski definition) is 7. The van der Waals surface area contributed by atoms with Crippen molar-refractivity contribution in [1.29, 1.82) is 0 Å². The van der Waals surface area contributed by atoms with Gasteiger partial charge in [0.05, 0.1) is 6.61 Å². The fourth-order valence-electron chi connectivity index (χ4n) is 2.93. The molecule has 28 heavy (non-hydrogen) atoms. The molecule has 0 atom stereocenters. The van der Waals surface area contributed by atoms with Crippen LogP contribution in [0.3, 0.4) is 0 Å². The lowest BCUT2D eigenvalue weighted by Crippen LogP contribution is -2.50. The van der Waals surface area contributed by atoms with E-state index in [0.29, 0.717) is 56.7 Å². The van der Waals surface area contributed by atoms with E-state index in [1.165, 1.54) is 0 Å². The molecular formula is C19H24N6O3. The van der Waals surface area contributed by atoms with E-state index in [4.69, 9.17) is 4.74 Å². The van der Waals surface area contributed by atoms with Crippen LogP contribution in [0.15, 0.2) is 30.6 Å². The van der Waals surface area contributed by atoms with Crippen LogP contribution in [0.4, 0.5) is 10.6 Å². The molecule has 0 aromatic carbocycles. The first-order valence-corrected chi connectivity index (χ1v) is 9.26. The minimum Gasteiger partial charge on any atom is -0.450 e. The molecule has 1 saturated heterocycles. The summed E-state index contributed by atoms with van der Waals surface area (Å²) < 4.78 is 5.01. The van der Waals surface area contributed by atoms with E-state index in [2.05, 4.69) is 20.3 Å². The Hall–Kier alpha value is -3.23. The number of aryl methyl sites for hydroxylation is 1. The SMILES string of the molecule is CCOC(=O)N1CCN(C(=O)c2cc(NCc3cccnc3)nc(C)n2)CC1. The lowest BCUT2D eigenvalue weighted by Gasteiger charge is -2.33. The summed E-state index contributed by atoms with van der Waals surface area (Å²) in [6.45, 7) is 6.20.